The average molecular weight is 117 g/mol. The lowest BCUT2D eigenvalue weighted by molar-refractivity contribution is -0.874. The largest absolute Gasteiger partial charge is 0.319 e. The molecule has 48 valence electrons. The van der Waals surface area contributed by atoms with Crippen LogP contribution in [0, 0.1) is 0 Å². The van der Waals surface area contributed by atoms with Crippen LogP contribution in [0.5, 0.6) is 0 Å². The molecule has 0 saturated carbocycles. The molecule has 0 fully saturated rings. The van der Waals surface area contributed by atoms with E-state index < -0.39 is 0 Å². The Labute approximate surface area is 49.4 Å². The number of rotatable bonds is 1. The van der Waals surface area contributed by atoms with E-state index in [-0.39, 0.29) is 5.54 Å². The van der Waals surface area contributed by atoms with Crippen molar-refractivity contribution in [3.63, 3.8) is 0 Å². The van der Waals surface area contributed by atoms with Crippen LogP contribution in [0.1, 0.15) is 20.8 Å². The molecule has 0 rings (SSSR count). The number of nitrogens with one attached hydrogen (secondary N) is 1. The van der Waals surface area contributed by atoms with E-state index in [1.807, 2.05) is 20.8 Å². The predicted molar refractivity (Wildman–Crippen MR) is 31.0 cm³/mol. The second kappa shape index (κ2) is 2.24. The Bertz CT molecular complexity index is 84.9. The van der Waals surface area contributed by atoms with Crippen LogP contribution in [0.4, 0.5) is 0 Å². The van der Waals surface area contributed by atoms with E-state index in [0.29, 0.717) is 11.4 Å². The van der Waals surface area contributed by atoms with Crippen molar-refractivity contribution in [3.05, 3.63) is 0 Å². The van der Waals surface area contributed by atoms with Crippen molar-refractivity contribution in [1.82, 2.24) is 0 Å². The van der Waals surface area contributed by atoms with Gasteiger partial charge in [0.1, 0.15) is 5.54 Å². The van der Waals surface area contributed by atoms with E-state index in [2.05, 4.69) is 0 Å². The monoisotopic (exact) mass is 117 g/mol. The van der Waals surface area contributed by atoms with Crippen molar-refractivity contribution in [2.75, 3.05) is 0 Å². The Morgan fingerprint density at radius 2 is 1.88 bits per heavy atom. The molecule has 0 aromatic rings. The Hall–Kier alpha value is -0.410. The third-order valence-corrected chi connectivity index (χ3v) is 0.993. The van der Waals surface area contributed by atoms with E-state index in [0.717, 1.165) is 0 Å². The van der Waals surface area contributed by atoms with Gasteiger partial charge in [-0.1, -0.05) is 0 Å². The van der Waals surface area contributed by atoms with Gasteiger partial charge in [-0.2, -0.15) is 10.9 Å². The number of quaternary nitrogens is 1. The van der Waals surface area contributed by atoms with E-state index in [9.17, 15) is 4.79 Å². The Morgan fingerprint density at radius 3 is 1.88 bits per heavy atom. The first-order valence-electron chi connectivity index (χ1n) is 2.56. The fourth-order valence-corrected chi connectivity index (χ4v) is 0.177. The summed E-state index contributed by atoms with van der Waals surface area (Å²) >= 11 is 0. The van der Waals surface area contributed by atoms with Crippen LogP contribution in [0.3, 0.4) is 0 Å². The molecule has 0 saturated heterocycles. The molecule has 3 N–H and O–H groups in total. The van der Waals surface area contributed by atoms with Crippen LogP contribution >= 0.6 is 0 Å². The van der Waals surface area contributed by atoms with Crippen LogP contribution in [0.2, 0.25) is 0 Å². The third-order valence-electron chi connectivity index (χ3n) is 0.993. The van der Waals surface area contributed by atoms with E-state index >= 15 is 0 Å². The maximum Gasteiger partial charge on any atom is 0.319 e. The number of nitrogens with two attached hydrogens (primary N) is 1. The molecule has 3 nitrogen and oxygen atoms in total. The molecule has 8 heavy (non-hydrogen) atoms. The van der Waals surface area contributed by atoms with E-state index in [4.69, 9.17) is 5.84 Å². The number of amides is 1. The molecule has 0 aliphatic rings. The maximum atomic E-state index is 9.99. The fraction of sp³-hybridized carbons (Fsp3) is 0.800. The minimum Gasteiger partial charge on any atom is -0.232 e. The van der Waals surface area contributed by atoms with Crippen molar-refractivity contribution in [2.24, 2.45) is 5.84 Å². The van der Waals surface area contributed by atoms with Crippen LogP contribution in [0.15, 0.2) is 0 Å². The summed E-state index contributed by atoms with van der Waals surface area (Å²) in [6, 6.07) is 0. The standard InChI is InChI=1S/C5H12N2O/c1-5(2,3)7(6)4-8/h4H,6H2,1-3H3/p+1. The quantitative estimate of drug-likeness (QED) is 0.194. The molecule has 0 aliphatic heterocycles. The Balaban J connectivity index is 3.80. The summed E-state index contributed by atoms with van der Waals surface area (Å²) in [4.78, 5) is 9.99. The first-order valence-corrected chi connectivity index (χ1v) is 2.56. The predicted octanol–water partition coefficient (Wildman–Crippen LogP) is -1.30. The summed E-state index contributed by atoms with van der Waals surface area (Å²) in [6.07, 6.45) is 0.694. The molecule has 0 bridgehead atoms. The molecule has 1 unspecified atom stereocenters. The van der Waals surface area contributed by atoms with Crippen molar-refractivity contribution in [3.8, 4) is 0 Å². The highest BCUT2D eigenvalue weighted by molar-refractivity contribution is 5.33. The third kappa shape index (κ3) is 2.04. The highest BCUT2D eigenvalue weighted by Crippen LogP contribution is 1.87. The topological polar surface area (TPSA) is 47.5 Å². The zero-order chi connectivity index (χ0) is 6.78. The van der Waals surface area contributed by atoms with Gasteiger partial charge in [0.25, 0.3) is 0 Å². The number of hydrogen-bond donors (Lipinski definition) is 2. The number of hydrogen-bond acceptors (Lipinski definition) is 2. The SMILES string of the molecule is CC(C)(C)[NH+](N)C=O. The molecule has 1 amide bonds. The normalized spacial score (nSPS) is 15.5. The zero-order valence-electron chi connectivity index (χ0n) is 5.56. The van der Waals surface area contributed by atoms with Crippen molar-refractivity contribution in [1.29, 1.82) is 0 Å². The summed E-state index contributed by atoms with van der Waals surface area (Å²) in [5, 5.41) is 0.400. The molecular formula is C5H13N2O+. The van der Waals surface area contributed by atoms with Gasteiger partial charge < -0.3 is 0 Å². The van der Waals surface area contributed by atoms with Gasteiger partial charge in [-0.15, -0.1) is 0 Å². The number of carbonyl (C=O) groups is 1. The summed E-state index contributed by atoms with van der Waals surface area (Å²) in [5.41, 5.74) is -0.165. The average Bonchev–Trinajstić information content (AvgIpc) is 1.62. The van der Waals surface area contributed by atoms with Crippen LogP contribution in [-0.4, -0.2) is 11.9 Å². The lowest BCUT2D eigenvalue weighted by atomic mass is 10.1. The molecule has 0 radical (unpaired) electrons. The molecule has 0 aromatic heterocycles. The highest BCUT2D eigenvalue weighted by Gasteiger charge is 2.20. The van der Waals surface area contributed by atoms with Gasteiger partial charge >= 0.3 is 6.41 Å². The van der Waals surface area contributed by atoms with Gasteiger partial charge in [0.2, 0.25) is 0 Å². The molecular weight excluding hydrogens is 104 g/mol. The van der Waals surface area contributed by atoms with Gasteiger partial charge in [0.05, 0.1) is 0 Å². The summed E-state index contributed by atoms with van der Waals surface area (Å²) in [6.45, 7) is 5.70. The van der Waals surface area contributed by atoms with E-state index in [1.54, 1.807) is 0 Å². The Morgan fingerprint density at radius 1 is 1.50 bits per heavy atom. The summed E-state index contributed by atoms with van der Waals surface area (Å²) in [5.74, 6) is 5.30. The second-order valence-corrected chi connectivity index (χ2v) is 2.82. The van der Waals surface area contributed by atoms with Crippen molar-refractivity contribution >= 4 is 6.41 Å². The second-order valence-electron chi connectivity index (χ2n) is 2.82. The number of carbonyl (C=O) groups excluding carboxylic acids is 1. The van der Waals surface area contributed by atoms with Gasteiger partial charge in [-0.25, -0.2) is 4.79 Å². The lowest BCUT2D eigenvalue weighted by Gasteiger charge is -2.20. The van der Waals surface area contributed by atoms with Crippen LogP contribution in [0.25, 0.3) is 0 Å². The molecule has 1 atom stereocenters. The zero-order valence-corrected chi connectivity index (χ0v) is 5.56. The minimum atomic E-state index is -0.165. The van der Waals surface area contributed by atoms with Crippen molar-refractivity contribution in [2.45, 2.75) is 26.3 Å². The minimum absolute atomic E-state index is 0.165. The molecule has 3 heteroatoms. The maximum absolute atomic E-state index is 9.99. The molecule has 0 aromatic carbocycles. The van der Waals surface area contributed by atoms with Crippen LogP contribution in [-0.2, 0) is 4.79 Å². The fourth-order valence-electron chi connectivity index (χ4n) is 0.177. The van der Waals surface area contributed by atoms with Gasteiger partial charge in [0, 0.05) is 0 Å². The van der Waals surface area contributed by atoms with Gasteiger partial charge in [-0.3, -0.25) is 0 Å². The lowest BCUT2D eigenvalue weighted by Crippen LogP contribution is -3.23. The van der Waals surface area contributed by atoms with E-state index in [1.165, 1.54) is 0 Å². The molecule has 0 aliphatic carbocycles. The summed E-state index contributed by atoms with van der Waals surface area (Å²) < 4.78 is 0. The smallest absolute Gasteiger partial charge is 0.232 e. The molecule has 0 heterocycles. The van der Waals surface area contributed by atoms with Crippen molar-refractivity contribution < 1.29 is 9.80 Å². The molecule has 0 spiro atoms. The van der Waals surface area contributed by atoms with Crippen LogP contribution < -0.4 is 10.9 Å². The van der Waals surface area contributed by atoms with Gasteiger partial charge in [0.15, 0.2) is 0 Å². The Kier molecular flexibility index (Phi) is 2.12. The highest BCUT2D eigenvalue weighted by atomic mass is 16.1. The first-order chi connectivity index (χ1) is 3.48. The summed E-state index contributed by atoms with van der Waals surface area (Å²) in [7, 11) is 0. The van der Waals surface area contributed by atoms with Gasteiger partial charge in [-0.05, 0) is 20.8 Å². The first kappa shape index (κ1) is 7.59.